The largest absolute Gasteiger partial charge is 0.550 e. The summed E-state index contributed by atoms with van der Waals surface area (Å²) < 4.78 is 0. The molecule has 0 aromatic heterocycles. The van der Waals surface area contributed by atoms with E-state index in [4.69, 9.17) is 5.26 Å². The van der Waals surface area contributed by atoms with E-state index in [1.807, 2.05) is 18.2 Å². The van der Waals surface area contributed by atoms with Gasteiger partial charge in [0.15, 0.2) is 0 Å². The Morgan fingerprint density at radius 1 is 1.35 bits per heavy atom. The van der Waals surface area contributed by atoms with Gasteiger partial charge < -0.3 is 14.8 Å². The molecule has 0 N–H and O–H groups in total. The Bertz CT molecular complexity index is 457. The van der Waals surface area contributed by atoms with Crippen molar-refractivity contribution in [2.45, 2.75) is 12.8 Å². The third-order valence-corrected chi connectivity index (χ3v) is 3.19. The van der Waals surface area contributed by atoms with Crippen LogP contribution in [0.2, 0.25) is 0 Å². The van der Waals surface area contributed by atoms with E-state index in [0.717, 1.165) is 5.69 Å². The fourth-order valence-electron chi connectivity index (χ4n) is 2.20. The normalized spacial score (nSPS) is 16.5. The summed E-state index contributed by atoms with van der Waals surface area (Å²) in [4.78, 5) is 12.8. The molecule has 0 aliphatic carbocycles. The van der Waals surface area contributed by atoms with E-state index >= 15 is 0 Å². The highest BCUT2D eigenvalue weighted by molar-refractivity contribution is 5.68. The number of hydrogen-bond acceptors (Lipinski definition) is 4. The van der Waals surface area contributed by atoms with Gasteiger partial charge >= 0.3 is 0 Å². The molecule has 4 heteroatoms. The van der Waals surface area contributed by atoms with Gasteiger partial charge in [0.05, 0.1) is 11.3 Å². The number of nitriles is 1. The number of piperidine rings is 1. The first-order chi connectivity index (χ1) is 8.22. The Morgan fingerprint density at radius 3 is 2.59 bits per heavy atom. The summed E-state index contributed by atoms with van der Waals surface area (Å²) in [6.07, 6.45) is 1.17. The number of carboxylic acids is 1. The van der Waals surface area contributed by atoms with Crippen molar-refractivity contribution in [2.24, 2.45) is 5.92 Å². The van der Waals surface area contributed by atoms with Gasteiger partial charge in [-0.2, -0.15) is 5.26 Å². The highest BCUT2D eigenvalue weighted by Crippen LogP contribution is 2.25. The molecule has 0 spiro atoms. The minimum Gasteiger partial charge on any atom is -0.550 e. The first kappa shape index (κ1) is 11.5. The zero-order valence-corrected chi connectivity index (χ0v) is 9.43. The number of rotatable bonds is 2. The van der Waals surface area contributed by atoms with Crippen LogP contribution < -0.4 is 10.0 Å². The number of carboxylic acid groups (broad SMARTS) is 1. The molecule has 17 heavy (non-hydrogen) atoms. The predicted molar refractivity (Wildman–Crippen MR) is 61.1 cm³/mol. The fourth-order valence-corrected chi connectivity index (χ4v) is 2.20. The molecule has 0 bridgehead atoms. The van der Waals surface area contributed by atoms with Gasteiger partial charge in [-0.3, -0.25) is 0 Å². The van der Waals surface area contributed by atoms with Crippen molar-refractivity contribution in [1.29, 1.82) is 5.26 Å². The summed E-state index contributed by atoms with van der Waals surface area (Å²) in [6, 6.07) is 9.55. The zero-order chi connectivity index (χ0) is 12.3. The lowest BCUT2D eigenvalue weighted by Gasteiger charge is -2.34. The van der Waals surface area contributed by atoms with Gasteiger partial charge in [0.1, 0.15) is 6.07 Å². The number of para-hydroxylation sites is 1. The molecule has 0 amide bonds. The summed E-state index contributed by atoms with van der Waals surface area (Å²) in [6.45, 7) is 1.33. The van der Waals surface area contributed by atoms with Gasteiger partial charge in [-0.25, -0.2) is 0 Å². The molecule has 4 nitrogen and oxygen atoms in total. The minimum atomic E-state index is -0.960. The van der Waals surface area contributed by atoms with Crippen molar-refractivity contribution in [2.75, 3.05) is 18.0 Å². The number of anilines is 1. The second-order valence-electron chi connectivity index (χ2n) is 4.21. The SMILES string of the molecule is N#Cc1ccccc1N1CCC(C(=O)[O-])CC1. The van der Waals surface area contributed by atoms with Crippen LogP contribution in [0, 0.1) is 17.2 Å². The van der Waals surface area contributed by atoms with Crippen molar-refractivity contribution in [3.63, 3.8) is 0 Å². The van der Waals surface area contributed by atoms with Crippen LogP contribution in [0.15, 0.2) is 24.3 Å². The number of carbonyl (C=O) groups is 1. The van der Waals surface area contributed by atoms with Crippen molar-refractivity contribution in [1.82, 2.24) is 0 Å². The van der Waals surface area contributed by atoms with E-state index in [0.29, 0.717) is 31.5 Å². The molecule has 1 aromatic carbocycles. The maximum atomic E-state index is 10.7. The van der Waals surface area contributed by atoms with Crippen LogP contribution in [0.5, 0.6) is 0 Å². The molecule has 0 unspecified atom stereocenters. The molecule has 0 atom stereocenters. The third kappa shape index (κ3) is 2.39. The highest BCUT2D eigenvalue weighted by Gasteiger charge is 2.21. The second kappa shape index (κ2) is 4.88. The lowest BCUT2D eigenvalue weighted by atomic mass is 9.96. The summed E-state index contributed by atoms with van der Waals surface area (Å²) in [5.41, 5.74) is 1.53. The van der Waals surface area contributed by atoms with Crippen LogP contribution >= 0.6 is 0 Å². The van der Waals surface area contributed by atoms with Crippen LogP contribution in [-0.4, -0.2) is 19.1 Å². The summed E-state index contributed by atoms with van der Waals surface area (Å²) in [7, 11) is 0. The summed E-state index contributed by atoms with van der Waals surface area (Å²) in [5, 5.41) is 19.7. The summed E-state index contributed by atoms with van der Waals surface area (Å²) in [5.74, 6) is -1.31. The number of nitrogens with zero attached hydrogens (tertiary/aromatic N) is 2. The van der Waals surface area contributed by atoms with Crippen molar-refractivity contribution in [3.05, 3.63) is 29.8 Å². The average molecular weight is 229 g/mol. The second-order valence-corrected chi connectivity index (χ2v) is 4.21. The van der Waals surface area contributed by atoms with Gasteiger partial charge in [-0.1, -0.05) is 12.1 Å². The Kier molecular flexibility index (Phi) is 3.29. The lowest BCUT2D eigenvalue weighted by molar-refractivity contribution is -0.312. The molecule has 0 radical (unpaired) electrons. The zero-order valence-electron chi connectivity index (χ0n) is 9.43. The molecule has 1 fully saturated rings. The first-order valence-corrected chi connectivity index (χ1v) is 5.67. The molecule has 0 saturated carbocycles. The van der Waals surface area contributed by atoms with Gasteiger partial charge in [-0.15, -0.1) is 0 Å². The molecule has 1 aromatic rings. The maximum Gasteiger partial charge on any atom is 0.101 e. The van der Waals surface area contributed by atoms with E-state index in [1.165, 1.54) is 0 Å². The minimum absolute atomic E-state index is 0.347. The Morgan fingerprint density at radius 2 is 2.00 bits per heavy atom. The molecule has 1 saturated heterocycles. The molecule has 1 aliphatic heterocycles. The molecular formula is C13H13N2O2-. The van der Waals surface area contributed by atoms with E-state index < -0.39 is 5.97 Å². The Balaban J connectivity index is 2.11. The van der Waals surface area contributed by atoms with E-state index in [2.05, 4.69) is 11.0 Å². The third-order valence-electron chi connectivity index (χ3n) is 3.19. The van der Waals surface area contributed by atoms with Crippen LogP contribution in [0.25, 0.3) is 0 Å². The number of aliphatic carboxylic acids is 1. The molecule has 2 rings (SSSR count). The van der Waals surface area contributed by atoms with Gasteiger partial charge in [0.2, 0.25) is 0 Å². The predicted octanol–water partition coefficient (Wildman–Crippen LogP) is 0.525. The number of hydrogen-bond donors (Lipinski definition) is 0. The van der Waals surface area contributed by atoms with E-state index in [1.54, 1.807) is 6.07 Å². The first-order valence-electron chi connectivity index (χ1n) is 5.67. The molecule has 1 aliphatic rings. The average Bonchev–Trinajstić information content (AvgIpc) is 2.39. The quantitative estimate of drug-likeness (QED) is 0.741. The van der Waals surface area contributed by atoms with Gasteiger partial charge in [-0.05, 0) is 25.0 Å². The van der Waals surface area contributed by atoms with Crippen molar-refractivity contribution in [3.8, 4) is 6.07 Å². The number of benzene rings is 1. The molecule has 88 valence electrons. The van der Waals surface area contributed by atoms with Gasteiger partial charge in [0.25, 0.3) is 0 Å². The van der Waals surface area contributed by atoms with E-state index in [9.17, 15) is 9.90 Å². The van der Waals surface area contributed by atoms with Crippen LogP contribution in [-0.2, 0) is 4.79 Å². The smallest absolute Gasteiger partial charge is 0.101 e. The lowest BCUT2D eigenvalue weighted by Crippen LogP contribution is -2.41. The maximum absolute atomic E-state index is 10.7. The van der Waals surface area contributed by atoms with Crippen molar-refractivity contribution >= 4 is 11.7 Å². The fraction of sp³-hybridized carbons (Fsp3) is 0.385. The number of carbonyl (C=O) groups excluding carboxylic acids is 1. The van der Waals surface area contributed by atoms with Crippen LogP contribution in [0.4, 0.5) is 5.69 Å². The van der Waals surface area contributed by atoms with Crippen LogP contribution in [0.3, 0.4) is 0 Å². The Labute approximate surface area is 100 Å². The molecule has 1 heterocycles. The topological polar surface area (TPSA) is 67.2 Å². The van der Waals surface area contributed by atoms with Crippen LogP contribution in [0.1, 0.15) is 18.4 Å². The van der Waals surface area contributed by atoms with E-state index in [-0.39, 0.29) is 5.92 Å². The molecular weight excluding hydrogens is 216 g/mol. The monoisotopic (exact) mass is 229 g/mol. The highest BCUT2D eigenvalue weighted by atomic mass is 16.4. The van der Waals surface area contributed by atoms with Crippen molar-refractivity contribution < 1.29 is 9.90 Å². The standard InChI is InChI=1S/C13H14N2O2/c14-9-11-3-1-2-4-12(11)15-7-5-10(6-8-15)13(16)17/h1-4,10H,5-8H2,(H,16,17)/p-1. The Hall–Kier alpha value is -2.02. The van der Waals surface area contributed by atoms with Gasteiger partial charge in [0, 0.05) is 25.0 Å². The summed E-state index contributed by atoms with van der Waals surface area (Å²) >= 11 is 0.